The van der Waals surface area contributed by atoms with Crippen molar-refractivity contribution in [1.29, 1.82) is 0 Å². The molecule has 28 heavy (non-hydrogen) atoms. The van der Waals surface area contributed by atoms with Crippen LogP contribution in [-0.4, -0.2) is 71.2 Å². The Hall–Kier alpha value is -2.67. The van der Waals surface area contributed by atoms with Crippen LogP contribution in [0.2, 0.25) is 0 Å². The third kappa shape index (κ3) is 3.94. The van der Waals surface area contributed by atoms with Crippen molar-refractivity contribution in [3.8, 4) is 5.69 Å². The molecule has 1 atom stereocenters. The highest BCUT2D eigenvalue weighted by Gasteiger charge is 2.53. The lowest BCUT2D eigenvalue weighted by Crippen LogP contribution is -2.44. The molecule has 1 aromatic heterocycles. The van der Waals surface area contributed by atoms with Gasteiger partial charge in [0.15, 0.2) is 0 Å². The predicted molar refractivity (Wildman–Crippen MR) is 106 cm³/mol. The second-order valence-electron chi connectivity index (χ2n) is 8.34. The lowest BCUT2D eigenvalue weighted by atomic mass is 10.0. The molecule has 2 aromatic rings. The Labute approximate surface area is 165 Å². The molecule has 1 aliphatic carbocycles. The van der Waals surface area contributed by atoms with Gasteiger partial charge in [-0.25, -0.2) is 4.68 Å². The first-order chi connectivity index (χ1) is 13.5. The van der Waals surface area contributed by atoms with Crippen LogP contribution in [0, 0.1) is 5.41 Å². The molecule has 2 aliphatic rings. The topological polar surface area (TPSA) is 70.5 Å². The summed E-state index contributed by atoms with van der Waals surface area (Å²) in [5, 5.41) is 7.35. The van der Waals surface area contributed by atoms with Gasteiger partial charge in [0.1, 0.15) is 0 Å². The molecular formula is C21H27N5O2. The number of carbonyl (C=O) groups excluding carboxylic acids is 2. The van der Waals surface area contributed by atoms with Crippen molar-refractivity contribution >= 4 is 11.8 Å². The zero-order chi connectivity index (χ0) is 19.7. The third-order valence-electron chi connectivity index (χ3n) is 5.68. The van der Waals surface area contributed by atoms with Gasteiger partial charge in [-0.3, -0.25) is 9.59 Å². The first kappa shape index (κ1) is 18.7. The van der Waals surface area contributed by atoms with Gasteiger partial charge in [0.05, 0.1) is 24.0 Å². The number of rotatable bonds is 6. The van der Waals surface area contributed by atoms with Crippen LogP contribution in [0.4, 0.5) is 0 Å². The molecule has 0 bridgehead atoms. The van der Waals surface area contributed by atoms with Crippen LogP contribution >= 0.6 is 0 Å². The standard InChI is InChI=1S/C21H27N5O2/c1-24(2)14-19(27)22-12-18-10-21(8-9-21)15-25(18)20(28)16-11-23-26(13-16)17-6-4-3-5-7-17/h3-7,11,13,18H,8-10,12,14-15H2,1-2H3,(H,22,27). The number of amides is 2. The summed E-state index contributed by atoms with van der Waals surface area (Å²) in [6.45, 7) is 1.64. The SMILES string of the molecule is CN(C)CC(=O)NCC1CC2(CC2)CN1C(=O)c1cnn(-c2ccccc2)c1. The monoisotopic (exact) mass is 381 g/mol. The first-order valence-electron chi connectivity index (χ1n) is 9.78. The molecular weight excluding hydrogens is 354 g/mol. The van der Waals surface area contributed by atoms with E-state index in [1.165, 1.54) is 12.8 Å². The minimum atomic E-state index is -0.00829. The number of nitrogens with one attached hydrogen (secondary N) is 1. The quantitative estimate of drug-likeness (QED) is 0.824. The van der Waals surface area contributed by atoms with Gasteiger partial charge in [-0.1, -0.05) is 18.2 Å². The molecule has 7 nitrogen and oxygen atoms in total. The van der Waals surface area contributed by atoms with E-state index in [-0.39, 0.29) is 23.3 Å². The second-order valence-corrected chi connectivity index (χ2v) is 8.34. The maximum Gasteiger partial charge on any atom is 0.257 e. The van der Waals surface area contributed by atoms with Crippen molar-refractivity contribution in [2.45, 2.75) is 25.3 Å². The Bertz CT molecular complexity index is 857. The maximum absolute atomic E-state index is 13.2. The first-order valence-corrected chi connectivity index (χ1v) is 9.78. The number of para-hydroxylation sites is 1. The molecule has 1 aromatic carbocycles. The van der Waals surface area contributed by atoms with Crippen molar-refractivity contribution in [2.24, 2.45) is 5.41 Å². The largest absolute Gasteiger partial charge is 0.353 e. The third-order valence-corrected chi connectivity index (χ3v) is 5.68. The van der Waals surface area contributed by atoms with Gasteiger partial charge in [-0.2, -0.15) is 5.10 Å². The number of carbonyl (C=O) groups is 2. The van der Waals surface area contributed by atoms with Crippen molar-refractivity contribution in [3.05, 3.63) is 48.3 Å². The van der Waals surface area contributed by atoms with Crippen LogP contribution in [0.5, 0.6) is 0 Å². The molecule has 148 valence electrons. The molecule has 1 aliphatic heterocycles. The average Bonchev–Trinajstić information content (AvgIpc) is 3.10. The van der Waals surface area contributed by atoms with Gasteiger partial charge in [0.2, 0.25) is 5.91 Å². The molecule has 1 N–H and O–H groups in total. The normalized spacial score (nSPS) is 20.0. The Morgan fingerprint density at radius 1 is 1.25 bits per heavy atom. The van der Waals surface area contributed by atoms with Gasteiger partial charge < -0.3 is 15.1 Å². The zero-order valence-corrected chi connectivity index (χ0v) is 16.5. The molecule has 2 fully saturated rings. The number of hydrogen-bond acceptors (Lipinski definition) is 4. The van der Waals surface area contributed by atoms with Gasteiger partial charge in [0.25, 0.3) is 5.91 Å². The van der Waals surface area contributed by atoms with Gasteiger partial charge in [-0.05, 0) is 50.9 Å². The molecule has 7 heteroatoms. The summed E-state index contributed by atoms with van der Waals surface area (Å²) in [5.41, 5.74) is 1.78. The fourth-order valence-corrected chi connectivity index (χ4v) is 4.02. The highest BCUT2D eigenvalue weighted by atomic mass is 16.2. The van der Waals surface area contributed by atoms with Crippen LogP contribution in [0.25, 0.3) is 5.69 Å². The van der Waals surface area contributed by atoms with E-state index < -0.39 is 0 Å². The molecule has 2 amide bonds. The summed E-state index contributed by atoms with van der Waals surface area (Å²) >= 11 is 0. The zero-order valence-electron chi connectivity index (χ0n) is 16.5. The molecule has 1 saturated carbocycles. The van der Waals surface area contributed by atoms with Crippen LogP contribution in [0.1, 0.15) is 29.6 Å². The van der Waals surface area contributed by atoms with E-state index in [0.29, 0.717) is 18.7 Å². The maximum atomic E-state index is 13.2. The number of hydrogen-bond donors (Lipinski definition) is 1. The van der Waals surface area contributed by atoms with Crippen molar-refractivity contribution in [1.82, 2.24) is 24.9 Å². The van der Waals surface area contributed by atoms with E-state index in [4.69, 9.17) is 0 Å². The Morgan fingerprint density at radius 3 is 2.68 bits per heavy atom. The fraction of sp³-hybridized carbons (Fsp3) is 0.476. The number of aromatic nitrogens is 2. The van der Waals surface area contributed by atoms with E-state index in [9.17, 15) is 9.59 Å². The average molecular weight is 381 g/mol. The summed E-state index contributed by atoms with van der Waals surface area (Å²) in [7, 11) is 3.74. The summed E-state index contributed by atoms with van der Waals surface area (Å²) < 4.78 is 1.73. The number of nitrogens with zero attached hydrogens (tertiary/aromatic N) is 4. The minimum Gasteiger partial charge on any atom is -0.353 e. The Kier molecular flexibility index (Phi) is 4.93. The molecule has 1 spiro atoms. The van der Waals surface area contributed by atoms with Gasteiger partial charge in [-0.15, -0.1) is 0 Å². The van der Waals surface area contributed by atoms with Crippen LogP contribution < -0.4 is 5.32 Å². The molecule has 1 saturated heterocycles. The van der Waals surface area contributed by atoms with Crippen LogP contribution in [-0.2, 0) is 4.79 Å². The van der Waals surface area contributed by atoms with E-state index in [2.05, 4.69) is 10.4 Å². The van der Waals surface area contributed by atoms with Crippen LogP contribution in [0.15, 0.2) is 42.7 Å². The number of likely N-dealkylation sites (tertiary alicyclic amines) is 1. The van der Waals surface area contributed by atoms with Crippen molar-refractivity contribution < 1.29 is 9.59 Å². The van der Waals surface area contributed by atoms with Gasteiger partial charge in [0, 0.05) is 25.3 Å². The number of benzene rings is 1. The van der Waals surface area contributed by atoms with Gasteiger partial charge >= 0.3 is 0 Å². The number of likely N-dealkylation sites (N-methyl/N-ethyl adjacent to an activating group) is 1. The van der Waals surface area contributed by atoms with Crippen molar-refractivity contribution in [2.75, 3.05) is 33.7 Å². The molecule has 4 rings (SSSR count). The lowest BCUT2D eigenvalue weighted by molar-refractivity contribution is -0.121. The molecule has 2 heterocycles. The van der Waals surface area contributed by atoms with E-state index in [0.717, 1.165) is 18.7 Å². The molecule has 1 unspecified atom stereocenters. The summed E-state index contributed by atoms with van der Waals surface area (Å²) in [6, 6.07) is 9.80. The highest BCUT2D eigenvalue weighted by molar-refractivity contribution is 5.94. The predicted octanol–water partition coefficient (Wildman–Crippen LogP) is 1.54. The summed E-state index contributed by atoms with van der Waals surface area (Å²) in [4.78, 5) is 29.0. The Morgan fingerprint density at radius 2 is 2.00 bits per heavy atom. The second kappa shape index (κ2) is 7.39. The minimum absolute atomic E-state index is 0.00202. The Balaban J connectivity index is 1.46. The van der Waals surface area contributed by atoms with Crippen molar-refractivity contribution in [3.63, 3.8) is 0 Å². The molecule has 0 radical (unpaired) electrons. The van der Waals surface area contributed by atoms with E-state index >= 15 is 0 Å². The highest BCUT2D eigenvalue weighted by Crippen LogP contribution is 2.54. The summed E-state index contributed by atoms with van der Waals surface area (Å²) in [5.74, 6) is -0.0103. The fourth-order valence-electron chi connectivity index (χ4n) is 4.02. The lowest BCUT2D eigenvalue weighted by Gasteiger charge is -2.24. The van der Waals surface area contributed by atoms with E-state index in [1.807, 2.05) is 54.2 Å². The van der Waals surface area contributed by atoms with E-state index in [1.54, 1.807) is 17.1 Å². The summed E-state index contributed by atoms with van der Waals surface area (Å²) in [6.07, 6.45) is 6.73. The van der Waals surface area contributed by atoms with Crippen LogP contribution in [0.3, 0.4) is 0 Å². The smallest absolute Gasteiger partial charge is 0.257 e.